The van der Waals surface area contributed by atoms with Gasteiger partial charge in [-0.25, -0.2) is 4.98 Å². The van der Waals surface area contributed by atoms with Crippen LogP contribution >= 0.6 is 0 Å². The summed E-state index contributed by atoms with van der Waals surface area (Å²) in [6.07, 6.45) is 1.74. The molecule has 17 heavy (non-hydrogen) atoms. The Balaban J connectivity index is 2.85. The van der Waals surface area contributed by atoms with E-state index in [-0.39, 0.29) is 6.04 Å². The number of nitrogen functional groups attached to an aromatic ring is 1. The van der Waals surface area contributed by atoms with E-state index in [1.54, 1.807) is 20.4 Å². The number of pyridine rings is 1. The Morgan fingerprint density at radius 2 is 2.18 bits per heavy atom. The zero-order valence-corrected chi connectivity index (χ0v) is 10.7. The first-order valence-electron chi connectivity index (χ1n) is 5.65. The van der Waals surface area contributed by atoms with Crippen LogP contribution in [0.4, 0.5) is 11.5 Å². The van der Waals surface area contributed by atoms with Crippen LogP contribution in [-0.2, 0) is 9.47 Å². The average Bonchev–Trinajstić information content (AvgIpc) is 2.32. The van der Waals surface area contributed by atoms with Gasteiger partial charge in [-0.3, -0.25) is 0 Å². The smallest absolute Gasteiger partial charge is 0.152 e. The third-order valence-corrected chi connectivity index (χ3v) is 2.57. The zero-order chi connectivity index (χ0) is 12.7. The Morgan fingerprint density at radius 3 is 2.76 bits per heavy atom. The lowest BCUT2D eigenvalue weighted by Gasteiger charge is -2.30. The normalized spacial score (nSPS) is 12.4. The second kappa shape index (κ2) is 7.09. The van der Waals surface area contributed by atoms with Crippen LogP contribution < -0.4 is 10.6 Å². The van der Waals surface area contributed by atoms with Crippen molar-refractivity contribution in [1.29, 1.82) is 0 Å². The third kappa shape index (κ3) is 3.87. The topological polar surface area (TPSA) is 60.6 Å². The molecule has 0 saturated carbocycles. The summed E-state index contributed by atoms with van der Waals surface area (Å²) in [6, 6.07) is 3.88. The highest BCUT2D eigenvalue weighted by Crippen LogP contribution is 2.21. The van der Waals surface area contributed by atoms with Crippen molar-refractivity contribution in [2.24, 2.45) is 0 Å². The van der Waals surface area contributed by atoms with E-state index in [0.29, 0.717) is 18.9 Å². The molecule has 0 aliphatic rings. The van der Waals surface area contributed by atoms with Gasteiger partial charge >= 0.3 is 0 Å². The fraction of sp³-hybridized carbons (Fsp3) is 0.583. The van der Waals surface area contributed by atoms with Gasteiger partial charge in [-0.05, 0) is 19.1 Å². The molecule has 0 bridgehead atoms. The quantitative estimate of drug-likeness (QED) is 0.773. The number of methoxy groups -OCH3 is 2. The van der Waals surface area contributed by atoms with Gasteiger partial charge in [-0.2, -0.15) is 0 Å². The van der Waals surface area contributed by atoms with Crippen LogP contribution in [0.25, 0.3) is 0 Å². The molecule has 2 N–H and O–H groups in total. The van der Waals surface area contributed by atoms with E-state index < -0.39 is 0 Å². The highest BCUT2D eigenvalue weighted by molar-refractivity contribution is 5.62. The summed E-state index contributed by atoms with van der Waals surface area (Å²) in [6.45, 7) is 4.07. The van der Waals surface area contributed by atoms with Crippen molar-refractivity contribution in [3.63, 3.8) is 0 Å². The van der Waals surface area contributed by atoms with Crippen LogP contribution in [0.5, 0.6) is 0 Å². The summed E-state index contributed by atoms with van der Waals surface area (Å²) in [5.41, 5.74) is 6.61. The van der Waals surface area contributed by atoms with Crippen LogP contribution in [0.3, 0.4) is 0 Å². The predicted molar refractivity (Wildman–Crippen MR) is 69.2 cm³/mol. The Kier molecular flexibility index (Phi) is 5.72. The van der Waals surface area contributed by atoms with Crippen LogP contribution in [0.1, 0.15) is 6.92 Å². The van der Waals surface area contributed by atoms with Crippen LogP contribution in [0.2, 0.25) is 0 Å². The van der Waals surface area contributed by atoms with Gasteiger partial charge in [0.05, 0.1) is 24.9 Å². The lowest BCUT2D eigenvalue weighted by Crippen LogP contribution is -2.39. The van der Waals surface area contributed by atoms with Crippen molar-refractivity contribution in [3.05, 3.63) is 18.3 Å². The van der Waals surface area contributed by atoms with E-state index in [9.17, 15) is 0 Å². The molecule has 0 saturated heterocycles. The lowest BCUT2D eigenvalue weighted by molar-refractivity contribution is 0.170. The standard InChI is InChI=1S/C12H21N3O2/c1-10(9-17-3)15(7-8-16-2)12-11(13)5-4-6-14-12/h4-6,10H,7-9,13H2,1-3H3. The average molecular weight is 239 g/mol. The maximum atomic E-state index is 5.94. The van der Waals surface area contributed by atoms with Crippen molar-refractivity contribution < 1.29 is 9.47 Å². The van der Waals surface area contributed by atoms with Crippen molar-refractivity contribution in [3.8, 4) is 0 Å². The Labute approximate surface area is 103 Å². The largest absolute Gasteiger partial charge is 0.396 e. The van der Waals surface area contributed by atoms with Gasteiger partial charge in [-0.1, -0.05) is 0 Å². The van der Waals surface area contributed by atoms with Gasteiger partial charge in [0, 0.05) is 27.0 Å². The van der Waals surface area contributed by atoms with Gasteiger partial charge in [0.15, 0.2) is 5.82 Å². The maximum absolute atomic E-state index is 5.94. The molecule has 0 aliphatic carbocycles. The van der Waals surface area contributed by atoms with Crippen molar-refractivity contribution >= 4 is 11.5 Å². The Bertz CT molecular complexity index is 333. The fourth-order valence-electron chi connectivity index (χ4n) is 1.71. The first-order chi connectivity index (χ1) is 8.20. The van der Waals surface area contributed by atoms with E-state index >= 15 is 0 Å². The molecule has 0 aromatic carbocycles. The molecule has 0 fully saturated rings. The highest BCUT2D eigenvalue weighted by atomic mass is 16.5. The van der Waals surface area contributed by atoms with E-state index in [0.717, 1.165) is 12.4 Å². The maximum Gasteiger partial charge on any atom is 0.152 e. The second-order valence-electron chi connectivity index (χ2n) is 3.91. The molecule has 0 amide bonds. The number of hydrogen-bond donors (Lipinski definition) is 1. The molecule has 5 heteroatoms. The van der Waals surface area contributed by atoms with Crippen molar-refractivity contribution in [2.45, 2.75) is 13.0 Å². The summed E-state index contributed by atoms with van der Waals surface area (Å²) in [5.74, 6) is 0.786. The molecule has 5 nitrogen and oxygen atoms in total. The van der Waals surface area contributed by atoms with E-state index in [4.69, 9.17) is 15.2 Å². The number of aromatic nitrogens is 1. The molecule has 1 aromatic heterocycles. The number of hydrogen-bond acceptors (Lipinski definition) is 5. The SMILES string of the molecule is COCCN(c1ncccc1N)C(C)COC. The van der Waals surface area contributed by atoms with Gasteiger partial charge in [0.1, 0.15) is 0 Å². The number of anilines is 2. The minimum Gasteiger partial charge on any atom is -0.396 e. The van der Waals surface area contributed by atoms with Gasteiger partial charge < -0.3 is 20.1 Å². The van der Waals surface area contributed by atoms with Crippen LogP contribution in [0, 0.1) is 0 Å². The van der Waals surface area contributed by atoms with Gasteiger partial charge in [0.2, 0.25) is 0 Å². The molecule has 0 spiro atoms. The molecule has 0 aliphatic heterocycles. The lowest BCUT2D eigenvalue weighted by atomic mass is 10.2. The Hall–Kier alpha value is -1.33. The third-order valence-electron chi connectivity index (χ3n) is 2.57. The zero-order valence-electron chi connectivity index (χ0n) is 10.7. The highest BCUT2D eigenvalue weighted by Gasteiger charge is 2.17. The fourth-order valence-corrected chi connectivity index (χ4v) is 1.71. The number of nitrogens with zero attached hydrogens (tertiary/aromatic N) is 2. The number of rotatable bonds is 7. The molecule has 1 rings (SSSR count). The molecular weight excluding hydrogens is 218 g/mol. The minimum atomic E-state index is 0.201. The Morgan fingerprint density at radius 1 is 1.41 bits per heavy atom. The summed E-state index contributed by atoms with van der Waals surface area (Å²) >= 11 is 0. The van der Waals surface area contributed by atoms with Crippen LogP contribution in [-0.4, -0.2) is 45.0 Å². The summed E-state index contributed by atoms with van der Waals surface area (Å²) < 4.78 is 10.3. The molecular formula is C12H21N3O2. The number of nitrogens with two attached hydrogens (primary N) is 1. The number of ether oxygens (including phenoxy) is 2. The first kappa shape index (κ1) is 13.7. The monoisotopic (exact) mass is 239 g/mol. The molecule has 1 aromatic rings. The molecule has 1 atom stereocenters. The second-order valence-corrected chi connectivity index (χ2v) is 3.91. The summed E-state index contributed by atoms with van der Waals surface area (Å²) in [5, 5.41) is 0. The van der Waals surface area contributed by atoms with Crippen molar-refractivity contribution in [2.75, 3.05) is 44.6 Å². The van der Waals surface area contributed by atoms with Gasteiger partial charge in [-0.15, -0.1) is 0 Å². The predicted octanol–water partition coefficient (Wildman–Crippen LogP) is 1.15. The van der Waals surface area contributed by atoms with Crippen LogP contribution in [0.15, 0.2) is 18.3 Å². The molecule has 1 unspecified atom stereocenters. The van der Waals surface area contributed by atoms with E-state index in [1.807, 2.05) is 12.1 Å². The van der Waals surface area contributed by atoms with Crippen molar-refractivity contribution in [1.82, 2.24) is 4.98 Å². The van der Waals surface area contributed by atoms with E-state index in [1.165, 1.54) is 0 Å². The van der Waals surface area contributed by atoms with Gasteiger partial charge in [0.25, 0.3) is 0 Å². The summed E-state index contributed by atoms with van der Waals surface area (Å²) in [7, 11) is 3.37. The molecule has 96 valence electrons. The minimum absolute atomic E-state index is 0.201. The molecule has 1 heterocycles. The summed E-state index contributed by atoms with van der Waals surface area (Å²) in [4.78, 5) is 6.42. The first-order valence-corrected chi connectivity index (χ1v) is 5.65. The molecule has 0 radical (unpaired) electrons. The van der Waals surface area contributed by atoms with E-state index in [2.05, 4.69) is 16.8 Å².